The van der Waals surface area contributed by atoms with Gasteiger partial charge < -0.3 is 21.0 Å². The number of benzene rings is 1. The summed E-state index contributed by atoms with van der Waals surface area (Å²) in [6, 6.07) is 5.47. The Bertz CT molecular complexity index is 658. The number of hydrogen-bond acceptors (Lipinski definition) is 3. The summed E-state index contributed by atoms with van der Waals surface area (Å²) >= 11 is 0. The molecule has 0 saturated carbocycles. The first-order valence-corrected chi connectivity index (χ1v) is 6.73. The second-order valence-electron chi connectivity index (χ2n) is 5.09. The van der Waals surface area contributed by atoms with Crippen LogP contribution in [0.25, 0.3) is 11.0 Å². The molecule has 6 heteroatoms. The molecule has 0 radical (unpaired) electrons. The smallest absolute Gasteiger partial charge is 0.323 e. The van der Waals surface area contributed by atoms with E-state index in [0.717, 1.165) is 16.6 Å². The zero-order valence-electron chi connectivity index (χ0n) is 11.7. The molecule has 2 aromatic rings. The number of aromatic amines is 2. The van der Waals surface area contributed by atoms with Crippen molar-refractivity contribution < 1.29 is 4.79 Å². The second kappa shape index (κ2) is 5.92. The number of nitrogens with one attached hydrogen (secondary N) is 3. The Morgan fingerprint density at radius 3 is 2.70 bits per heavy atom. The maximum atomic E-state index is 12.0. The van der Waals surface area contributed by atoms with Crippen LogP contribution in [0.4, 0.5) is 0 Å². The van der Waals surface area contributed by atoms with Gasteiger partial charge in [-0.15, -0.1) is 0 Å². The number of carbonyl (C=O) groups excluding carboxylic acids is 1. The topological polar surface area (TPSA) is 104 Å². The zero-order chi connectivity index (χ0) is 14.7. The van der Waals surface area contributed by atoms with E-state index in [1.807, 2.05) is 32.0 Å². The van der Waals surface area contributed by atoms with Gasteiger partial charge in [-0.2, -0.15) is 0 Å². The number of nitrogens with two attached hydrogens (primary N) is 1. The fourth-order valence-electron chi connectivity index (χ4n) is 2.14. The summed E-state index contributed by atoms with van der Waals surface area (Å²) in [5, 5.41) is 2.96. The van der Waals surface area contributed by atoms with Crippen LogP contribution in [-0.4, -0.2) is 22.4 Å². The number of carbonyl (C=O) groups is 1. The zero-order valence-corrected chi connectivity index (χ0v) is 11.7. The molecule has 6 nitrogen and oxygen atoms in total. The van der Waals surface area contributed by atoms with Crippen LogP contribution in [-0.2, 0) is 4.79 Å². The minimum absolute atomic E-state index is 0.00870. The number of rotatable bonds is 5. The second-order valence-corrected chi connectivity index (χ2v) is 5.09. The van der Waals surface area contributed by atoms with Crippen LogP contribution < -0.4 is 16.7 Å². The van der Waals surface area contributed by atoms with Crippen LogP contribution in [0, 0.1) is 5.92 Å². The number of fused-ring (bicyclic) bond motifs is 1. The molecule has 1 amide bonds. The maximum absolute atomic E-state index is 12.0. The molecule has 0 fully saturated rings. The fourth-order valence-corrected chi connectivity index (χ4v) is 2.14. The fraction of sp³-hybridized carbons (Fsp3) is 0.429. The normalized spacial score (nSPS) is 14.2. The van der Waals surface area contributed by atoms with Crippen LogP contribution in [0.15, 0.2) is 23.0 Å². The van der Waals surface area contributed by atoms with Crippen molar-refractivity contribution >= 4 is 16.9 Å². The molecule has 2 atom stereocenters. The minimum Gasteiger partial charge on any atom is -0.349 e. The van der Waals surface area contributed by atoms with Crippen LogP contribution in [0.3, 0.4) is 0 Å². The first kappa shape index (κ1) is 14.3. The molecule has 1 aromatic carbocycles. The molecule has 2 unspecified atom stereocenters. The van der Waals surface area contributed by atoms with Crippen LogP contribution >= 0.6 is 0 Å². The largest absolute Gasteiger partial charge is 0.349 e. The van der Waals surface area contributed by atoms with Gasteiger partial charge in [0.25, 0.3) is 0 Å². The van der Waals surface area contributed by atoms with E-state index in [1.54, 1.807) is 0 Å². The minimum atomic E-state index is -0.231. The van der Waals surface area contributed by atoms with Gasteiger partial charge in [-0.25, -0.2) is 4.79 Å². The maximum Gasteiger partial charge on any atom is 0.323 e. The van der Waals surface area contributed by atoms with Crippen molar-refractivity contribution in [1.29, 1.82) is 0 Å². The average molecular weight is 276 g/mol. The molecular weight excluding hydrogens is 256 g/mol. The number of amides is 1. The number of H-pyrrole nitrogens is 2. The van der Waals surface area contributed by atoms with Crippen molar-refractivity contribution in [2.45, 2.75) is 26.3 Å². The highest BCUT2D eigenvalue weighted by Crippen LogP contribution is 2.17. The van der Waals surface area contributed by atoms with Crippen molar-refractivity contribution in [2.24, 2.45) is 11.7 Å². The van der Waals surface area contributed by atoms with E-state index in [4.69, 9.17) is 5.73 Å². The first-order valence-electron chi connectivity index (χ1n) is 6.73. The number of hydrogen-bond donors (Lipinski definition) is 4. The van der Waals surface area contributed by atoms with E-state index in [0.29, 0.717) is 13.0 Å². The Hall–Kier alpha value is -2.08. The van der Waals surface area contributed by atoms with E-state index >= 15 is 0 Å². The molecule has 0 aliphatic rings. The van der Waals surface area contributed by atoms with Crippen molar-refractivity contribution in [3.8, 4) is 0 Å². The van der Waals surface area contributed by atoms with Gasteiger partial charge >= 0.3 is 5.69 Å². The summed E-state index contributed by atoms with van der Waals surface area (Å²) < 4.78 is 0. The number of aromatic nitrogens is 2. The molecule has 5 N–H and O–H groups in total. The van der Waals surface area contributed by atoms with Gasteiger partial charge in [-0.1, -0.05) is 13.0 Å². The van der Waals surface area contributed by atoms with Gasteiger partial charge in [0, 0.05) is 5.92 Å². The summed E-state index contributed by atoms with van der Waals surface area (Å²) in [7, 11) is 0. The molecule has 2 rings (SSSR count). The highest BCUT2D eigenvalue weighted by Gasteiger charge is 2.15. The standard InChI is InChI=1S/C14H20N4O2/c1-8(5-6-15)13(19)16-9(2)10-3-4-11-12(7-10)18-14(20)17-11/h3-4,7-9H,5-6,15H2,1-2H3,(H,16,19)(H2,17,18,20). The highest BCUT2D eigenvalue weighted by molar-refractivity contribution is 5.79. The molecule has 20 heavy (non-hydrogen) atoms. The predicted molar refractivity (Wildman–Crippen MR) is 78.3 cm³/mol. The lowest BCUT2D eigenvalue weighted by Gasteiger charge is -2.17. The van der Waals surface area contributed by atoms with Gasteiger partial charge in [-0.3, -0.25) is 4.79 Å². The van der Waals surface area contributed by atoms with Crippen LogP contribution in [0.5, 0.6) is 0 Å². The summed E-state index contributed by atoms with van der Waals surface area (Å²) in [5.74, 6) is -0.108. The predicted octanol–water partition coefficient (Wildman–Crippen LogP) is 1.02. The molecule has 0 spiro atoms. The Kier molecular flexibility index (Phi) is 4.24. The van der Waals surface area contributed by atoms with Gasteiger partial charge in [0.2, 0.25) is 5.91 Å². The van der Waals surface area contributed by atoms with E-state index in [9.17, 15) is 9.59 Å². The summed E-state index contributed by atoms with van der Waals surface area (Å²) in [6.07, 6.45) is 0.669. The van der Waals surface area contributed by atoms with Crippen molar-refractivity contribution in [3.05, 3.63) is 34.2 Å². The molecular formula is C14H20N4O2. The Labute approximate surface area is 116 Å². The van der Waals surface area contributed by atoms with Gasteiger partial charge in [0.1, 0.15) is 0 Å². The van der Waals surface area contributed by atoms with E-state index in [2.05, 4.69) is 15.3 Å². The van der Waals surface area contributed by atoms with E-state index in [-0.39, 0.29) is 23.6 Å². The lowest BCUT2D eigenvalue weighted by molar-refractivity contribution is -0.125. The van der Waals surface area contributed by atoms with E-state index < -0.39 is 0 Å². The lowest BCUT2D eigenvalue weighted by Crippen LogP contribution is -2.32. The molecule has 0 aliphatic heterocycles. The monoisotopic (exact) mass is 276 g/mol. The molecule has 0 saturated heterocycles. The van der Waals surface area contributed by atoms with Crippen molar-refractivity contribution in [1.82, 2.24) is 15.3 Å². The summed E-state index contributed by atoms with van der Waals surface area (Å²) in [4.78, 5) is 28.6. The lowest BCUT2D eigenvalue weighted by atomic mass is 10.0. The molecule has 108 valence electrons. The Morgan fingerprint density at radius 1 is 1.30 bits per heavy atom. The highest BCUT2D eigenvalue weighted by atomic mass is 16.2. The Morgan fingerprint density at radius 2 is 2.00 bits per heavy atom. The van der Waals surface area contributed by atoms with Crippen LogP contribution in [0.2, 0.25) is 0 Å². The molecule has 0 bridgehead atoms. The summed E-state index contributed by atoms with van der Waals surface area (Å²) in [5.41, 5.74) is 7.67. The third-order valence-corrected chi connectivity index (χ3v) is 3.45. The quantitative estimate of drug-likeness (QED) is 0.655. The molecule has 0 aliphatic carbocycles. The van der Waals surface area contributed by atoms with Gasteiger partial charge in [-0.05, 0) is 37.6 Å². The number of imidazole rings is 1. The van der Waals surface area contributed by atoms with Crippen molar-refractivity contribution in [3.63, 3.8) is 0 Å². The molecule has 1 heterocycles. The average Bonchev–Trinajstić information content (AvgIpc) is 2.77. The third-order valence-electron chi connectivity index (χ3n) is 3.45. The third kappa shape index (κ3) is 3.08. The van der Waals surface area contributed by atoms with Gasteiger partial charge in [0.05, 0.1) is 17.1 Å². The van der Waals surface area contributed by atoms with E-state index in [1.165, 1.54) is 0 Å². The summed E-state index contributed by atoms with van der Waals surface area (Å²) in [6.45, 7) is 4.28. The SMILES string of the molecule is CC(CCN)C(=O)NC(C)c1ccc2[nH]c(=O)[nH]c2c1. The Balaban J connectivity index is 2.12. The van der Waals surface area contributed by atoms with Crippen molar-refractivity contribution in [2.75, 3.05) is 6.54 Å². The van der Waals surface area contributed by atoms with Crippen LogP contribution in [0.1, 0.15) is 31.9 Å². The first-order chi connectivity index (χ1) is 9.51. The molecule has 1 aromatic heterocycles. The van der Waals surface area contributed by atoms with Gasteiger partial charge in [0.15, 0.2) is 0 Å².